The molecule has 0 aliphatic carbocycles. The van der Waals surface area contributed by atoms with Gasteiger partial charge in [-0.15, -0.1) is 0 Å². The zero-order chi connectivity index (χ0) is 21.6. The molecule has 0 amide bonds. The lowest BCUT2D eigenvalue weighted by Crippen LogP contribution is -2.00. The lowest BCUT2D eigenvalue weighted by molar-refractivity contribution is 0.0697. The minimum atomic E-state index is -0.952. The molecule has 31 heavy (non-hydrogen) atoms. The summed E-state index contributed by atoms with van der Waals surface area (Å²) in [4.78, 5) is 19.8. The van der Waals surface area contributed by atoms with Crippen molar-refractivity contribution < 1.29 is 19.4 Å². The summed E-state index contributed by atoms with van der Waals surface area (Å²) < 4.78 is 11.3. The summed E-state index contributed by atoms with van der Waals surface area (Å²) in [5.74, 6) is 0.235. The van der Waals surface area contributed by atoms with Crippen molar-refractivity contribution >= 4 is 28.8 Å². The van der Waals surface area contributed by atoms with Crippen LogP contribution in [0.15, 0.2) is 84.0 Å². The molecule has 0 aliphatic rings. The van der Waals surface area contributed by atoms with Crippen molar-refractivity contribution in [2.45, 2.75) is 6.61 Å². The first kappa shape index (κ1) is 20.1. The topological polar surface area (TPSA) is 81.0 Å². The zero-order valence-corrected chi connectivity index (χ0v) is 16.9. The van der Waals surface area contributed by atoms with Gasteiger partial charge in [-0.25, -0.2) is 4.79 Å². The smallest absolute Gasteiger partial charge is 0.335 e. The molecule has 154 valence electrons. The molecular formula is C25H20N2O4. The fraction of sp³-hybridized carbons (Fsp3) is 0.0800. The molecule has 0 radical (unpaired) electrons. The lowest BCUT2D eigenvalue weighted by atomic mass is 10.1. The number of fused-ring (bicyclic) bond motifs is 1. The number of hydrogen-bond acceptors (Lipinski definition) is 5. The lowest BCUT2D eigenvalue weighted by Gasteiger charge is -2.11. The second-order valence-corrected chi connectivity index (χ2v) is 6.84. The molecule has 3 aromatic carbocycles. The standard InChI is InChI=1S/C25H20N2O4/c1-30-24-13-18(15-27-21-9-10-22-20(14-21)3-2-12-26-22)6-11-23(24)31-16-17-4-7-19(8-5-17)25(28)29/h2-15H,16H2,1H3,(H,28,29). The van der Waals surface area contributed by atoms with Gasteiger partial charge in [0.25, 0.3) is 0 Å². The first-order valence-electron chi connectivity index (χ1n) is 9.64. The predicted molar refractivity (Wildman–Crippen MR) is 120 cm³/mol. The average molecular weight is 412 g/mol. The summed E-state index contributed by atoms with van der Waals surface area (Å²) in [7, 11) is 1.58. The SMILES string of the molecule is COc1cc(C=Nc2ccc3ncccc3c2)ccc1OCc1ccc(C(=O)O)cc1. The van der Waals surface area contributed by atoms with Crippen molar-refractivity contribution in [1.29, 1.82) is 0 Å². The van der Waals surface area contributed by atoms with Crippen molar-refractivity contribution in [2.75, 3.05) is 7.11 Å². The van der Waals surface area contributed by atoms with Gasteiger partial charge in [-0.05, 0) is 65.7 Å². The zero-order valence-electron chi connectivity index (χ0n) is 16.9. The van der Waals surface area contributed by atoms with Crippen LogP contribution in [0.1, 0.15) is 21.5 Å². The van der Waals surface area contributed by atoms with Crippen molar-refractivity contribution in [1.82, 2.24) is 4.98 Å². The Morgan fingerprint density at radius 3 is 2.65 bits per heavy atom. The van der Waals surface area contributed by atoms with E-state index < -0.39 is 5.97 Å². The molecule has 4 aromatic rings. The first-order chi connectivity index (χ1) is 15.1. The molecule has 4 rings (SSSR count). The monoisotopic (exact) mass is 412 g/mol. The molecule has 1 heterocycles. The molecule has 0 spiro atoms. The number of aromatic carboxylic acids is 1. The second-order valence-electron chi connectivity index (χ2n) is 6.84. The minimum Gasteiger partial charge on any atom is -0.493 e. The number of aromatic nitrogens is 1. The van der Waals surface area contributed by atoms with Crippen LogP contribution in [0.25, 0.3) is 10.9 Å². The van der Waals surface area contributed by atoms with Gasteiger partial charge in [0.05, 0.1) is 23.9 Å². The summed E-state index contributed by atoms with van der Waals surface area (Å²) in [6.07, 6.45) is 3.54. The highest BCUT2D eigenvalue weighted by atomic mass is 16.5. The van der Waals surface area contributed by atoms with E-state index in [4.69, 9.17) is 14.6 Å². The Bertz CT molecular complexity index is 1250. The third-order valence-electron chi connectivity index (χ3n) is 4.73. The van der Waals surface area contributed by atoms with E-state index in [2.05, 4.69) is 9.98 Å². The number of ether oxygens (including phenoxy) is 2. The molecule has 0 fully saturated rings. The number of carbonyl (C=O) groups is 1. The average Bonchev–Trinajstić information content (AvgIpc) is 2.81. The molecule has 1 aromatic heterocycles. The van der Waals surface area contributed by atoms with Gasteiger partial charge < -0.3 is 14.6 Å². The number of methoxy groups -OCH3 is 1. The first-order valence-corrected chi connectivity index (χ1v) is 9.64. The van der Waals surface area contributed by atoms with E-state index >= 15 is 0 Å². The number of carboxylic acid groups (broad SMARTS) is 1. The van der Waals surface area contributed by atoms with E-state index in [9.17, 15) is 4.79 Å². The third-order valence-corrected chi connectivity index (χ3v) is 4.73. The quantitative estimate of drug-likeness (QED) is 0.418. The van der Waals surface area contributed by atoms with Gasteiger partial charge in [0, 0.05) is 17.8 Å². The molecule has 0 aliphatic heterocycles. The van der Waals surface area contributed by atoms with Gasteiger partial charge in [-0.1, -0.05) is 18.2 Å². The number of carboxylic acids is 1. The van der Waals surface area contributed by atoms with Gasteiger partial charge >= 0.3 is 5.97 Å². The van der Waals surface area contributed by atoms with Crippen LogP contribution in [0.3, 0.4) is 0 Å². The number of aliphatic imine (C=N–C) groups is 1. The fourth-order valence-corrected chi connectivity index (χ4v) is 3.08. The normalized spacial score (nSPS) is 11.0. The molecule has 0 unspecified atom stereocenters. The highest BCUT2D eigenvalue weighted by molar-refractivity contribution is 5.87. The van der Waals surface area contributed by atoms with Crippen LogP contribution in [-0.4, -0.2) is 29.4 Å². The molecule has 0 saturated heterocycles. The molecule has 0 atom stereocenters. The summed E-state index contributed by atoms with van der Waals surface area (Å²) in [6, 6.07) is 21.9. The molecule has 0 saturated carbocycles. The van der Waals surface area contributed by atoms with E-state index in [0.717, 1.165) is 27.7 Å². The maximum Gasteiger partial charge on any atom is 0.335 e. The highest BCUT2D eigenvalue weighted by Crippen LogP contribution is 2.29. The number of hydrogen-bond donors (Lipinski definition) is 1. The molecule has 0 bridgehead atoms. The van der Waals surface area contributed by atoms with E-state index in [0.29, 0.717) is 18.1 Å². The van der Waals surface area contributed by atoms with E-state index in [-0.39, 0.29) is 5.56 Å². The molecule has 1 N–H and O–H groups in total. The Kier molecular flexibility index (Phi) is 5.89. The fourth-order valence-electron chi connectivity index (χ4n) is 3.08. The number of benzene rings is 3. The summed E-state index contributed by atoms with van der Waals surface area (Å²) in [5.41, 5.74) is 3.75. The van der Waals surface area contributed by atoms with Crippen LogP contribution in [0.2, 0.25) is 0 Å². The Morgan fingerprint density at radius 2 is 1.87 bits per heavy atom. The summed E-state index contributed by atoms with van der Waals surface area (Å²) in [5, 5.41) is 10.0. The largest absolute Gasteiger partial charge is 0.493 e. The molecular weight excluding hydrogens is 392 g/mol. The van der Waals surface area contributed by atoms with Crippen LogP contribution in [0, 0.1) is 0 Å². The van der Waals surface area contributed by atoms with Crippen LogP contribution < -0.4 is 9.47 Å². The molecule has 6 heteroatoms. The Labute approximate surface area is 179 Å². The maximum absolute atomic E-state index is 10.9. The van der Waals surface area contributed by atoms with Gasteiger partial charge in [-0.2, -0.15) is 0 Å². The van der Waals surface area contributed by atoms with Gasteiger partial charge in [0.2, 0.25) is 0 Å². The van der Waals surface area contributed by atoms with E-state index in [1.54, 1.807) is 43.8 Å². The number of rotatable bonds is 7. The third kappa shape index (κ3) is 4.87. The van der Waals surface area contributed by atoms with Crippen LogP contribution in [0.5, 0.6) is 11.5 Å². The highest BCUT2D eigenvalue weighted by Gasteiger charge is 2.07. The van der Waals surface area contributed by atoms with Crippen LogP contribution in [-0.2, 0) is 6.61 Å². The minimum absolute atomic E-state index is 0.243. The van der Waals surface area contributed by atoms with Gasteiger partial charge in [0.15, 0.2) is 11.5 Å². The number of nitrogens with zero attached hydrogens (tertiary/aromatic N) is 2. The van der Waals surface area contributed by atoms with E-state index in [1.165, 1.54) is 0 Å². The van der Waals surface area contributed by atoms with Crippen molar-refractivity contribution in [3.05, 3.63) is 95.7 Å². The second kappa shape index (κ2) is 9.09. The van der Waals surface area contributed by atoms with E-state index in [1.807, 2.05) is 48.5 Å². The van der Waals surface area contributed by atoms with Crippen molar-refractivity contribution in [2.24, 2.45) is 4.99 Å². The summed E-state index contributed by atoms with van der Waals surface area (Å²) >= 11 is 0. The summed E-state index contributed by atoms with van der Waals surface area (Å²) in [6.45, 7) is 0.300. The Hall–Kier alpha value is -4.19. The predicted octanol–water partition coefficient (Wildman–Crippen LogP) is 5.27. The Morgan fingerprint density at radius 1 is 1.03 bits per heavy atom. The van der Waals surface area contributed by atoms with Crippen molar-refractivity contribution in [3.63, 3.8) is 0 Å². The van der Waals surface area contributed by atoms with Gasteiger partial charge in [0.1, 0.15) is 6.61 Å². The van der Waals surface area contributed by atoms with Gasteiger partial charge in [-0.3, -0.25) is 9.98 Å². The number of pyridine rings is 1. The molecule has 6 nitrogen and oxygen atoms in total. The maximum atomic E-state index is 10.9. The Balaban J connectivity index is 1.46. The van der Waals surface area contributed by atoms with Crippen molar-refractivity contribution in [3.8, 4) is 11.5 Å². The van der Waals surface area contributed by atoms with Crippen LogP contribution >= 0.6 is 0 Å². The van der Waals surface area contributed by atoms with Crippen LogP contribution in [0.4, 0.5) is 5.69 Å².